The van der Waals surface area contributed by atoms with Gasteiger partial charge in [0.05, 0.1) is 11.6 Å². The highest BCUT2D eigenvalue weighted by Crippen LogP contribution is 2.34. The van der Waals surface area contributed by atoms with Gasteiger partial charge in [-0.2, -0.15) is 0 Å². The number of likely N-dealkylation sites (tertiary alicyclic amines) is 1. The quantitative estimate of drug-likeness (QED) is 0.926. The Kier molecular flexibility index (Phi) is 3.68. The number of imidazole rings is 1. The van der Waals surface area contributed by atoms with E-state index in [1.165, 1.54) is 11.3 Å². The summed E-state index contributed by atoms with van der Waals surface area (Å²) in [6, 6.07) is 10.6. The van der Waals surface area contributed by atoms with Gasteiger partial charge in [-0.1, -0.05) is 30.3 Å². The van der Waals surface area contributed by atoms with E-state index in [0.717, 1.165) is 50.3 Å². The summed E-state index contributed by atoms with van der Waals surface area (Å²) >= 11 is 0. The predicted octanol–water partition coefficient (Wildman–Crippen LogP) is 3.15. The monoisotopic (exact) mass is 309 g/mol. The average molecular weight is 309 g/mol. The van der Waals surface area contributed by atoms with Gasteiger partial charge < -0.3 is 9.88 Å². The van der Waals surface area contributed by atoms with Crippen molar-refractivity contribution in [2.75, 3.05) is 13.1 Å². The number of rotatable bonds is 2. The molecule has 23 heavy (non-hydrogen) atoms. The number of aromatic nitrogens is 2. The maximum Gasteiger partial charge on any atom is 0.231 e. The summed E-state index contributed by atoms with van der Waals surface area (Å²) in [4.78, 5) is 23.0. The molecule has 1 amide bonds. The fraction of sp³-hybridized carbons (Fsp3) is 0.474. The van der Waals surface area contributed by atoms with Crippen molar-refractivity contribution in [3.63, 3.8) is 0 Å². The molecule has 1 N–H and O–H groups in total. The number of fused-ring (bicyclic) bond motifs is 1. The number of nitrogens with one attached hydrogen (secondary N) is 1. The van der Waals surface area contributed by atoms with Crippen LogP contribution in [0.4, 0.5) is 0 Å². The largest absolute Gasteiger partial charge is 0.346 e. The van der Waals surface area contributed by atoms with Crippen LogP contribution < -0.4 is 0 Å². The Balaban J connectivity index is 1.50. The van der Waals surface area contributed by atoms with E-state index >= 15 is 0 Å². The highest BCUT2D eigenvalue weighted by atomic mass is 16.2. The minimum Gasteiger partial charge on any atom is -0.346 e. The van der Waals surface area contributed by atoms with Crippen LogP contribution in [0.25, 0.3) is 0 Å². The van der Waals surface area contributed by atoms with Crippen molar-refractivity contribution in [1.82, 2.24) is 14.9 Å². The number of carbonyl (C=O) groups is 1. The number of amides is 1. The van der Waals surface area contributed by atoms with Crippen molar-refractivity contribution in [2.45, 2.75) is 44.4 Å². The number of carbonyl (C=O) groups excluding carboxylic acids is 1. The molecular formula is C19H23N3O. The molecule has 0 spiro atoms. The number of H-pyrrole nitrogens is 1. The molecule has 0 radical (unpaired) electrons. The second-order valence-corrected chi connectivity index (χ2v) is 6.81. The maximum atomic E-state index is 13.0. The van der Waals surface area contributed by atoms with Crippen LogP contribution in [0.3, 0.4) is 0 Å². The topological polar surface area (TPSA) is 49.0 Å². The van der Waals surface area contributed by atoms with Gasteiger partial charge in [-0.3, -0.25) is 4.79 Å². The van der Waals surface area contributed by atoms with E-state index in [1.54, 1.807) is 0 Å². The Labute approximate surface area is 136 Å². The van der Waals surface area contributed by atoms with Gasteiger partial charge in [-0.05, 0) is 38.2 Å². The number of benzene rings is 1. The smallest absolute Gasteiger partial charge is 0.231 e. The first-order valence-electron chi connectivity index (χ1n) is 8.61. The van der Waals surface area contributed by atoms with Crippen LogP contribution in [0.2, 0.25) is 0 Å². The highest BCUT2D eigenvalue weighted by Gasteiger charge is 2.35. The third-order valence-electron chi connectivity index (χ3n) is 5.25. The van der Waals surface area contributed by atoms with Crippen molar-refractivity contribution in [1.29, 1.82) is 0 Å². The van der Waals surface area contributed by atoms with Gasteiger partial charge in [0.2, 0.25) is 5.91 Å². The molecule has 1 saturated heterocycles. The van der Waals surface area contributed by atoms with Crippen molar-refractivity contribution in [2.24, 2.45) is 0 Å². The van der Waals surface area contributed by atoms with Gasteiger partial charge in [-0.25, -0.2) is 4.98 Å². The summed E-state index contributed by atoms with van der Waals surface area (Å²) in [6.07, 6.45) is 4.09. The molecule has 0 bridgehead atoms. The van der Waals surface area contributed by atoms with Crippen LogP contribution in [0.15, 0.2) is 30.3 Å². The summed E-state index contributed by atoms with van der Waals surface area (Å²) in [5.41, 5.74) is 3.52. The third kappa shape index (κ3) is 2.67. The first-order valence-corrected chi connectivity index (χ1v) is 8.61. The molecule has 2 atom stereocenters. The zero-order valence-corrected chi connectivity index (χ0v) is 13.6. The highest BCUT2D eigenvalue weighted by molar-refractivity contribution is 5.84. The van der Waals surface area contributed by atoms with Gasteiger partial charge in [0.25, 0.3) is 0 Å². The minimum absolute atomic E-state index is 0.0433. The average Bonchev–Trinajstić information content (AvgIpc) is 3.20. The number of hydrogen-bond donors (Lipinski definition) is 1. The maximum absolute atomic E-state index is 13.0. The van der Waals surface area contributed by atoms with Crippen LogP contribution in [-0.4, -0.2) is 33.9 Å². The van der Waals surface area contributed by atoms with Crippen molar-refractivity contribution in [3.8, 4) is 0 Å². The van der Waals surface area contributed by atoms with E-state index in [4.69, 9.17) is 0 Å². The molecule has 1 aliphatic heterocycles. The fourth-order valence-corrected chi connectivity index (χ4v) is 4.08. The Bertz CT molecular complexity index is 707. The first kappa shape index (κ1) is 14.5. The van der Waals surface area contributed by atoms with Gasteiger partial charge in [0.15, 0.2) is 0 Å². The Morgan fingerprint density at radius 1 is 1.26 bits per heavy atom. The number of nitrogens with zero attached hydrogens (tertiary/aromatic N) is 2. The number of hydrogen-bond acceptors (Lipinski definition) is 2. The lowest BCUT2D eigenvalue weighted by Gasteiger charge is -2.26. The van der Waals surface area contributed by atoms with E-state index in [1.807, 2.05) is 13.0 Å². The summed E-state index contributed by atoms with van der Waals surface area (Å²) in [5, 5.41) is 0. The van der Waals surface area contributed by atoms with Crippen molar-refractivity contribution >= 4 is 5.91 Å². The lowest BCUT2D eigenvalue weighted by atomic mass is 9.89. The molecule has 120 valence electrons. The molecular weight excluding hydrogens is 286 g/mol. The van der Waals surface area contributed by atoms with E-state index < -0.39 is 0 Å². The Morgan fingerprint density at radius 3 is 2.91 bits per heavy atom. The van der Waals surface area contributed by atoms with Gasteiger partial charge in [0, 0.05) is 24.7 Å². The molecule has 4 heteroatoms. The molecule has 2 heterocycles. The third-order valence-corrected chi connectivity index (χ3v) is 5.25. The lowest BCUT2D eigenvalue weighted by molar-refractivity contribution is -0.132. The SMILES string of the molecule is Cc1nc2c([nH]1)CCCC2C(=O)N1CCC(c2ccccc2)C1. The van der Waals surface area contributed by atoms with E-state index in [2.05, 4.69) is 39.1 Å². The van der Waals surface area contributed by atoms with Gasteiger partial charge in [0.1, 0.15) is 5.82 Å². The summed E-state index contributed by atoms with van der Waals surface area (Å²) < 4.78 is 0. The number of aromatic amines is 1. The molecule has 1 aromatic heterocycles. The van der Waals surface area contributed by atoms with Crippen LogP contribution in [0.1, 0.15) is 53.9 Å². The van der Waals surface area contributed by atoms with Crippen LogP contribution in [0, 0.1) is 6.92 Å². The van der Waals surface area contributed by atoms with Crippen molar-refractivity contribution in [3.05, 3.63) is 53.1 Å². The second-order valence-electron chi connectivity index (χ2n) is 6.81. The predicted molar refractivity (Wildman–Crippen MR) is 89.4 cm³/mol. The molecule has 2 unspecified atom stereocenters. The zero-order valence-electron chi connectivity index (χ0n) is 13.6. The fourth-order valence-electron chi connectivity index (χ4n) is 4.08. The standard InChI is InChI=1S/C19H23N3O/c1-13-20-17-9-5-8-16(18(17)21-13)19(23)22-11-10-15(12-22)14-6-3-2-4-7-14/h2-4,6-7,15-16H,5,8-12H2,1H3,(H,20,21). The molecule has 1 aliphatic carbocycles. The van der Waals surface area contributed by atoms with Crippen molar-refractivity contribution < 1.29 is 4.79 Å². The summed E-state index contributed by atoms with van der Waals surface area (Å²) in [5.74, 6) is 1.64. The molecule has 2 aliphatic rings. The lowest BCUT2D eigenvalue weighted by Crippen LogP contribution is -2.34. The van der Waals surface area contributed by atoms with E-state index in [-0.39, 0.29) is 11.8 Å². The Morgan fingerprint density at radius 2 is 2.09 bits per heavy atom. The molecule has 1 fully saturated rings. The molecule has 0 saturated carbocycles. The van der Waals surface area contributed by atoms with E-state index in [9.17, 15) is 4.79 Å². The Hall–Kier alpha value is -2.10. The number of aryl methyl sites for hydroxylation is 2. The second kappa shape index (κ2) is 5.84. The first-order chi connectivity index (χ1) is 11.2. The van der Waals surface area contributed by atoms with Crippen LogP contribution in [0.5, 0.6) is 0 Å². The van der Waals surface area contributed by atoms with Crippen LogP contribution >= 0.6 is 0 Å². The molecule has 1 aromatic carbocycles. The zero-order chi connectivity index (χ0) is 15.8. The van der Waals surface area contributed by atoms with Gasteiger partial charge >= 0.3 is 0 Å². The summed E-state index contributed by atoms with van der Waals surface area (Å²) in [7, 11) is 0. The molecule has 2 aromatic rings. The minimum atomic E-state index is -0.0433. The van der Waals surface area contributed by atoms with Crippen LogP contribution in [-0.2, 0) is 11.2 Å². The molecule has 4 rings (SSSR count). The summed E-state index contributed by atoms with van der Waals surface area (Å²) in [6.45, 7) is 3.69. The normalized spacial score (nSPS) is 23.8. The molecule has 4 nitrogen and oxygen atoms in total. The van der Waals surface area contributed by atoms with E-state index in [0.29, 0.717) is 5.92 Å². The van der Waals surface area contributed by atoms with Gasteiger partial charge in [-0.15, -0.1) is 0 Å².